The Morgan fingerprint density at radius 2 is 2.06 bits per heavy atom. The fourth-order valence-electron chi connectivity index (χ4n) is 1.45. The van der Waals surface area contributed by atoms with Gasteiger partial charge in [-0.15, -0.1) is 5.10 Å². The average molecular weight is 238 g/mol. The molecule has 2 aromatic rings. The third kappa shape index (κ3) is 2.03. The van der Waals surface area contributed by atoms with Crippen LogP contribution in [-0.4, -0.2) is 16.9 Å². The highest BCUT2D eigenvalue weighted by Crippen LogP contribution is 2.18. The Hall–Kier alpha value is -1.52. The van der Waals surface area contributed by atoms with Gasteiger partial charge in [0.25, 0.3) is 0 Å². The molecular weight excluding hydrogens is 226 g/mol. The Morgan fingerprint density at radius 1 is 1.38 bits per heavy atom. The lowest BCUT2D eigenvalue weighted by molar-refractivity contribution is 0.394. The van der Waals surface area contributed by atoms with Crippen molar-refractivity contribution < 1.29 is 4.74 Å². The number of benzene rings is 1. The lowest BCUT2D eigenvalue weighted by Crippen LogP contribution is -2.06. The lowest BCUT2D eigenvalue weighted by atomic mass is 10.3. The van der Waals surface area contributed by atoms with Gasteiger partial charge in [-0.3, -0.25) is 0 Å². The van der Waals surface area contributed by atoms with E-state index < -0.39 is 0 Å². The summed E-state index contributed by atoms with van der Waals surface area (Å²) >= 11 is 5.83. The molecular formula is C11H12ClN3O. The second-order valence-electron chi connectivity index (χ2n) is 3.27. The number of aromatic nitrogens is 2. The molecule has 0 radical (unpaired) electrons. The summed E-state index contributed by atoms with van der Waals surface area (Å²) in [5, 5.41) is 4.96. The van der Waals surface area contributed by atoms with Crippen molar-refractivity contribution in [1.82, 2.24) is 9.78 Å². The van der Waals surface area contributed by atoms with Crippen molar-refractivity contribution in [3.63, 3.8) is 0 Å². The maximum Gasteiger partial charge on any atom is 0.233 e. The van der Waals surface area contributed by atoms with Gasteiger partial charge < -0.3 is 10.5 Å². The standard InChI is InChI=1S/C11H12ClN3O/c1-16-11-6-10(7-13)15(14-11)9-4-2-8(12)3-5-9/h2-6H,7,13H2,1H3. The van der Waals surface area contributed by atoms with Crippen LogP contribution in [0.4, 0.5) is 0 Å². The van der Waals surface area contributed by atoms with E-state index in [4.69, 9.17) is 22.1 Å². The van der Waals surface area contributed by atoms with Crippen molar-refractivity contribution in [2.75, 3.05) is 7.11 Å². The molecule has 1 aromatic carbocycles. The van der Waals surface area contributed by atoms with Crippen LogP contribution in [0.15, 0.2) is 30.3 Å². The maximum atomic E-state index is 5.83. The number of methoxy groups -OCH3 is 1. The Bertz CT molecular complexity index is 478. The predicted molar refractivity (Wildman–Crippen MR) is 63.0 cm³/mol. The van der Waals surface area contributed by atoms with Crippen molar-refractivity contribution in [2.24, 2.45) is 5.73 Å². The molecule has 0 aliphatic heterocycles. The van der Waals surface area contributed by atoms with Gasteiger partial charge in [0.15, 0.2) is 0 Å². The molecule has 0 amide bonds. The van der Waals surface area contributed by atoms with Crippen LogP contribution in [0, 0.1) is 0 Å². The van der Waals surface area contributed by atoms with E-state index in [2.05, 4.69) is 5.10 Å². The third-order valence-corrected chi connectivity index (χ3v) is 2.50. The smallest absolute Gasteiger partial charge is 0.233 e. The molecule has 0 aliphatic carbocycles. The quantitative estimate of drug-likeness (QED) is 0.888. The van der Waals surface area contributed by atoms with Crippen LogP contribution in [0.2, 0.25) is 5.02 Å². The number of rotatable bonds is 3. The first-order valence-electron chi connectivity index (χ1n) is 4.83. The second kappa shape index (κ2) is 4.55. The van der Waals surface area contributed by atoms with Crippen molar-refractivity contribution in [2.45, 2.75) is 6.54 Å². The molecule has 0 saturated heterocycles. The Labute approximate surface area is 98.6 Å². The number of hydrogen-bond donors (Lipinski definition) is 1. The number of nitrogens with two attached hydrogens (primary N) is 1. The molecule has 0 atom stereocenters. The molecule has 1 heterocycles. The first-order valence-corrected chi connectivity index (χ1v) is 5.21. The van der Waals surface area contributed by atoms with E-state index in [0.717, 1.165) is 11.4 Å². The predicted octanol–water partition coefficient (Wildman–Crippen LogP) is 1.99. The van der Waals surface area contributed by atoms with Gasteiger partial charge in [0.1, 0.15) is 0 Å². The topological polar surface area (TPSA) is 53.1 Å². The van der Waals surface area contributed by atoms with Crippen molar-refractivity contribution >= 4 is 11.6 Å². The summed E-state index contributed by atoms with van der Waals surface area (Å²) < 4.78 is 6.81. The average Bonchev–Trinajstić information content (AvgIpc) is 2.73. The van der Waals surface area contributed by atoms with Gasteiger partial charge in [0.2, 0.25) is 5.88 Å². The van der Waals surface area contributed by atoms with E-state index >= 15 is 0 Å². The van der Waals surface area contributed by atoms with Gasteiger partial charge in [-0.2, -0.15) is 0 Å². The Morgan fingerprint density at radius 3 is 2.62 bits per heavy atom. The fourth-order valence-corrected chi connectivity index (χ4v) is 1.57. The Kier molecular flexibility index (Phi) is 3.12. The van der Waals surface area contributed by atoms with E-state index in [1.807, 2.05) is 30.3 Å². The minimum atomic E-state index is 0.402. The van der Waals surface area contributed by atoms with Gasteiger partial charge in [-0.25, -0.2) is 4.68 Å². The highest BCUT2D eigenvalue weighted by molar-refractivity contribution is 6.30. The van der Waals surface area contributed by atoms with Crippen molar-refractivity contribution in [3.8, 4) is 11.6 Å². The summed E-state index contributed by atoms with van der Waals surface area (Å²) in [6.07, 6.45) is 0. The van der Waals surface area contributed by atoms with Crippen LogP contribution >= 0.6 is 11.6 Å². The number of hydrogen-bond acceptors (Lipinski definition) is 3. The third-order valence-electron chi connectivity index (χ3n) is 2.25. The van der Waals surface area contributed by atoms with Crippen LogP contribution in [0.3, 0.4) is 0 Å². The van der Waals surface area contributed by atoms with Crippen molar-refractivity contribution in [3.05, 3.63) is 41.0 Å². The van der Waals surface area contributed by atoms with Crippen LogP contribution in [-0.2, 0) is 6.54 Å². The monoisotopic (exact) mass is 237 g/mol. The molecule has 0 saturated carbocycles. The summed E-state index contributed by atoms with van der Waals surface area (Å²) in [5.41, 5.74) is 7.44. The van der Waals surface area contributed by atoms with Crippen LogP contribution in [0.25, 0.3) is 5.69 Å². The summed E-state index contributed by atoms with van der Waals surface area (Å²) in [6.45, 7) is 0.402. The molecule has 0 unspecified atom stereocenters. The van der Waals surface area contributed by atoms with Crippen LogP contribution < -0.4 is 10.5 Å². The molecule has 1 aromatic heterocycles. The van der Waals surface area contributed by atoms with Crippen LogP contribution in [0.5, 0.6) is 5.88 Å². The van der Waals surface area contributed by atoms with Crippen molar-refractivity contribution in [1.29, 1.82) is 0 Å². The first kappa shape index (κ1) is 11.0. The lowest BCUT2D eigenvalue weighted by Gasteiger charge is -2.04. The summed E-state index contributed by atoms with van der Waals surface area (Å²) in [4.78, 5) is 0. The fraction of sp³-hybridized carbons (Fsp3) is 0.182. The SMILES string of the molecule is COc1cc(CN)n(-c2ccc(Cl)cc2)n1. The van der Waals surface area contributed by atoms with E-state index in [-0.39, 0.29) is 0 Å². The van der Waals surface area contributed by atoms with E-state index in [1.165, 1.54) is 0 Å². The van der Waals surface area contributed by atoms with E-state index in [9.17, 15) is 0 Å². The second-order valence-corrected chi connectivity index (χ2v) is 3.71. The molecule has 0 aliphatic rings. The highest BCUT2D eigenvalue weighted by Gasteiger charge is 2.08. The van der Waals surface area contributed by atoms with Gasteiger partial charge >= 0.3 is 0 Å². The molecule has 5 heteroatoms. The number of ether oxygens (including phenoxy) is 1. The molecule has 0 spiro atoms. The molecule has 4 nitrogen and oxygen atoms in total. The zero-order valence-electron chi connectivity index (χ0n) is 8.85. The van der Waals surface area contributed by atoms with Gasteiger partial charge in [0, 0.05) is 17.6 Å². The molecule has 2 rings (SSSR count). The molecule has 0 bridgehead atoms. The summed E-state index contributed by atoms with van der Waals surface area (Å²) in [5.74, 6) is 0.551. The van der Waals surface area contributed by atoms with E-state index in [1.54, 1.807) is 11.8 Å². The minimum absolute atomic E-state index is 0.402. The molecule has 2 N–H and O–H groups in total. The summed E-state index contributed by atoms with van der Waals surface area (Å²) in [7, 11) is 1.58. The van der Waals surface area contributed by atoms with Gasteiger partial charge in [0.05, 0.1) is 18.5 Å². The largest absolute Gasteiger partial charge is 0.480 e. The van der Waals surface area contributed by atoms with Gasteiger partial charge in [-0.05, 0) is 24.3 Å². The maximum absolute atomic E-state index is 5.83. The number of halogens is 1. The normalized spacial score (nSPS) is 10.4. The first-order chi connectivity index (χ1) is 7.74. The molecule has 16 heavy (non-hydrogen) atoms. The zero-order chi connectivity index (χ0) is 11.5. The Balaban J connectivity index is 2.45. The van der Waals surface area contributed by atoms with Gasteiger partial charge in [-0.1, -0.05) is 11.6 Å². The molecule has 84 valence electrons. The van der Waals surface area contributed by atoms with E-state index in [0.29, 0.717) is 17.4 Å². The number of nitrogens with zero attached hydrogens (tertiary/aromatic N) is 2. The highest BCUT2D eigenvalue weighted by atomic mass is 35.5. The zero-order valence-corrected chi connectivity index (χ0v) is 9.61. The summed E-state index contributed by atoms with van der Waals surface area (Å²) in [6, 6.07) is 9.20. The molecule has 0 fully saturated rings. The minimum Gasteiger partial charge on any atom is -0.480 e. The van der Waals surface area contributed by atoms with Crippen LogP contribution in [0.1, 0.15) is 5.69 Å².